The van der Waals surface area contributed by atoms with Gasteiger partial charge in [-0.25, -0.2) is 9.50 Å². The van der Waals surface area contributed by atoms with Crippen molar-refractivity contribution in [3.05, 3.63) is 65.6 Å². The quantitative estimate of drug-likeness (QED) is 0.756. The van der Waals surface area contributed by atoms with Gasteiger partial charge >= 0.3 is 0 Å². The Morgan fingerprint density at radius 2 is 1.89 bits per heavy atom. The molecular weight excluding hydrogens is 224 g/mol. The lowest BCUT2D eigenvalue weighted by atomic mass is 10.1. The summed E-state index contributed by atoms with van der Waals surface area (Å²) in [6, 6.07) is 14.1. The third-order valence-corrected chi connectivity index (χ3v) is 2.91. The van der Waals surface area contributed by atoms with Gasteiger partial charge in [-0.3, -0.25) is 0 Å². The first kappa shape index (κ1) is 10.9. The first-order valence-corrected chi connectivity index (χ1v) is 5.94. The number of aromatic nitrogens is 3. The molecule has 3 aromatic rings. The summed E-state index contributed by atoms with van der Waals surface area (Å²) >= 11 is 0. The van der Waals surface area contributed by atoms with E-state index >= 15 is 0 Å². The summed E-state index contributed by atoms with van der Waals surface area (Å²) in [5.74, 6) is 0.821. The van der Waals surface area contributed by atoms with Gasteiger partial charge in [0.25, 0.3) is 0 Å². The van der Waals surface area contributed by atoms with Crippen molar-refractivity contribution in [2.24, 2.45) is 5.73 Å². The summed E-state index contributed by atoms with van der Waals surface area (Å²) in [6.45, 7) is 0.480. The van der Waals surface area contributed by atoms with E-state index in [0.717, 1.165) is 23.5 Å². The minimum absolute atomic E-state index is 0.480. The molecule has 90 valence electrons. The van der Waals surface area contributed by atoms with Crippen LogP contribution >= 0.6 is 0 Å². The average molecular weight is 238 g/mol. The Kier molecular flexibility index (Phi) is 2.78. The topological polar surface area (TPSA) is 56.2 Å². The van der Waals surface area contributed by atoms with Gasteiger partial charge in [0.2, 0.25) is 0 Å². The second-order valence-corrected chi connectivity index (χ2v) is 4.20. The zero-order valence-electron chi connectivity index (χ0n) is 9.95. The molecule has 4 heteroatoms. The SMILES string of the molecule is NCc1cccn2nc(Cc3ccccc3)nc12. The Bertz CT molecular complexity index is 658. The van der Waals surface area contributed by atoms with Crippen LogP contribution in [0.2, 0.25) is 0 Å². The standard InChI is InChI=1S/C14H14N4/c15-10-12-7-4-8-18-14(12)16-13(17-18)9-11-5-2-1-3-6-11/h1-8H,9-10,15H2. The maximum Gasteiger partial charge on any atom is 0.160 e. The van der Waals surface area contributed by atoms with E-state index in [2.05, 4.69) is 22.2 Å². The highest BCUT2D eigenvalue weighted by molar-refractivity contribution is 5.47. The molecule has 0 fully saturated rings. The van der Waals surface area contributed by atoms with E-state index in [1.54, 1.807) is 4.52 Å². The molecule has 2 aromatic heterocycles. The number of hydrogen-bond acceptors (Lipinski definition) is 3. The maximum absolute atomic E-state index is 5.70. The van der Waals surface area contributed by atoms with E-state index in [4.69, 9.17) is 5.73 Å². The molecular formula is C14H14N4. The summed E-state index contributed by atoms with van der Waals surface area (Å²) in [5.41, 5.74) is 8.78. The van der Waals surface area contributed by atoms with Gasteiger partial charge in [0.05, 0.1) is 0 Å². The minimum Gasteiger partial charge on any atom is -0.326 e. The van der Waals surface area contributed by atoms with Gasteiger partial charge < -0.3 is 5.73 Å². The van der Waals surface area contributed by atoms with Crippen LogP contribution in [0.25, 0.3) is 5.65 Å². The highest BCUT2D eigenvalue weighted by atomic mass is 15.3. The number of benzene rings is 1. The van der Waals surface area contributed by atoms with Crippen molar-refractivity contribution in [3.63, 3.8) is 0 Å². The molecule has 4 nitrogen and oxygen atoms in total. The van der Waals surface area contributed by atoms with Crippen molar-refractivity contribution in [1.29, 1.82) is 0 Å². The Morgan fingerprint density at radius 1 is 1.06 bits per heavy atom. The summed E-state index contributed by atoms with van der Waals surface area (Å²) in [4.78, 5) is 4.55. The Morgan fingerprint density at radius 3 is 2.67 bits per heavy atom. The maximum atomic E-state index is 5.70. The zero-order chi connectivity index (χ0) is 12.4. The van der Waals surface area contributed by atoms with Crippen molar-refractivity contribution in [3.8, 4) is 0 Å². The second kappa shape index (κ2) is 4.58. The van der Waals surface area contributed by atoms with Gasteiger partial charge in [-0.05, 0) is 11.6 Å². The van der Waals surface area contributed by atoms with E-state index in [9.17, 15) is 0 Å². The third-order valence-electron chi connectivity index (χ3n) is 2.91. The number of fused-ring (bicyclic) bond motifs is 1. The molecule has 0 amide bonds. The lowest BCUT2D eigenvalue weighted by Crippen LogP contribution is -1.99. The fourth-order valence-corrected chi connectivity index (χ4v) is 2.02. The number of hydrogen-bond donors (Lipinski definition) is 1. The number of nitrogens with zero attached hydrogens (tertiary/aromatic N) is 3. The molecule has 0 saturated heterocycles. The Balaban J connectivity index is 1.99. The van der Waals surface area contributed by atoms with Crippen LogP contribution in [0.5, 0.6) is 0 Å². The predicted molar refractivity (Wildman–Crippen MR) is 70.1 cm³/mol. The van der Waals surface area contributed by atoms with Crippen LogP contribution in [0.3, 0.4) is 0 Å². The lowest BCUT2D eigenvalue weighted by Gasteiger charge is -1.96. The molecule has 0 aliphatic carbocycles. The second-order valence-electron chi connectivity index (χ2n) is 4.20. The molecule has 0 bridgehead atoms. The lowest BCUT2D eigenvalue weighted by molar-refractivity contribution is 0.894. The summed E-state index contributed by atoms with van der Waals surface area (Å²) in [5, 5.41) is 4.47. The molecule has 2 N–H and O–H groups in total. The molecule has 0 saturated carbocycles. The van der Waals surface area contributed by atoms with Crippen LogP contribution in [0.1, 0.15) is 17.0 Å². The first-order chi connectivity index (χ1) is 8.86. The van der Waals surface area contributed by atoms with Gasteiger partial charge in [0.15, 0.2) is 11.5 Å². The van der Waals surface area contributed by atoms with Gasteiger partial charge in [-0.15, -0.1) is 0 Å². The van der Waals surface area contributed by atoms with E-state index in [1.165, 1.54) is 5.56 Å². The van der Waals surface area contributed by atoms with Crippen molar-refractivity contribution in [2.45, 2.75) is 13.0 Å². The van der Waals surface area contributed by atoms with Gasteiger partial charge in [0.1, 0.15) is 0 Å². The van der Waals surface area contributed by atoms with Crippen molar-refractivity contribution in [1.82, 2.24) is 14.6 Å². The molecule has 0 atom stereocenters. The molecule has 2 heterocycles. The van der Waals surface area contributed by atoms with E-state index in [1.807, 2.05) is 36.5 Å². The highest BCUT2D eigenvalue weighted by Crippen LogP contribution is 2.11. The van der Waals surface area contributed by atoms with E-state index in [0.29, 0.717) is 6.54 Å². The number of pyridine rings is 1. The molecule has 18 heavy (non-hydrogen) atoms. The van der Waals surface area contributed by atoms with Crippen molar-refractivity contribution in [2.75, 3.05) is 0 Å². The molecule has 0 spiro atoms. The third kappa shape index (κ3) is 1.98. The van der Waals surface area contributed by atoms with Gasteiger partial charge in [-0.2, -0.15) is 5.10 Å². The Labute approximate surface area is 105 Å². The fraction of sp³-hybridized carbons (Fsp3) is 0.143. The molecule has 3 rings (SSSR count). The molecule has 0 aliphatic rings. The molecule has 0 unspecified atom stereocenters. The smallest absolute Gasteiger partial charge is 0.160 e. The summed E-state index contributed by atoms with van der Waals surface area (Å²) in [7, 11) is 0. The van der Waals surface area contributed by atoms with Crippen LogP contribution in [0, 0.1) is 0 Å². The molecule has 1 aromatic carbocycles. The van der Waals surface area contributed by atoms with E-state index in [-0.39, 0.29) is 0 Å². The minimum atomic E-state index is 0.480. The number of nitrogens with two attached hydrogens (primary N) is 1. The van der Waals surface area contributed by atoms with Crippen LogP contribution in [0.4, 0.5) is 0 Å². The largest absolute Gasteiger partial charge is 0.326 e. The normalized spacial score (nSPS) is 10.9. The zero-order valence-corrected chi connectivity index (χ0v) is 9.95. The van der Waals surface area contributed by atoms with Crippen LogP contribution in [0.15, 0.2) is 48.7 Å². The molecule has 0 radical (unpaired) electrons. The molecule has 0 aliphatic heterocycles. The summed E-state index contributed by atoms with van der Waals surface area (Å²) in [6.07, 6.45) is 2.64. The first-order valence-electron chi connectivity index (χ1n) is 5.94. The van der Waals surface area contributed by atoms with Crippen molar-refractivity contribution < 1.29 is 0 Å². The summed E-state index contributed by atoms with van der Waals surface area (Å²) < 4.78 is 1.79. The monoisotopic (exact) mass is 238 g/mol. The van der Waals surface area contributed by atoms with Crippen molar-refractivity contribution >= 4 is 5.65 Å². The number of rotatable bonds is 3. The predicted octanol–water partition coefficient (Wildman–Crippen LogP) is 1.78. The van der Waals surface area contributed by atoms with Gasteiger partial charge in [0, 0.05) is 24.7 Å². The Hall–Kier alpha value is -2.20. The van der Waals surface area contributed by atoms with E-state index < -0.39 is 0 Å². The fourth-order valence-electron chi connectivity index (χ4n) is 2.02. The van der Waals surface area contributed by atoms with Crippen LogP contribution in [-0.4, -0.2) is 14.6 Å². The van der Waals surface area contributed by atoms with Crippen LogP contribution in [-0.2, 0) is 13.0 Å². The van der Waals surface area contributed by atoms with Gasteiger partial charge in [-0.1, -0.05) is 36.4 Å². The highest BCUT2D eigenvalue weighted by Gasteiger charge is 2.07. The average Bonchev–Trinajstić information content (AvgIpc) is 2.82. The van der Waals surface area contributed by atoms with Crippen LogP contribution < -0.4 is 5.73 Å².